The van der Waals surface area contributed by atoms with E-state index in [0.717, 1.165) is 12.1 Å². The molecule has 0 fully saturated rings. The van der Waals surface area contributed by atoms with Crippen molar-refractivity contribution in [1.82, 2.24) is 10.3 Å². The van der Waals surface area contributed by atoms with E-state index in [4.69, 9.17) is 10.00 Å². The van der Waals surface area contributed by atoms with Gasteiger partial charge >= 0.3 is 0 Å². The van der Waals surface area contributed by atoms with Gasteiger partial charge in [-0.1, -0.05) is 13.0 Å². The van der Waals surface area contributed by atoms with Crippen LogP contribution in [0.2, 0.25) is 0 Å². The maximum absolute atomic E-state index is 8.86. The minimum absolute atomic E-state index is 0.256. The molecule has 1 aromatic carbocycles. The van der Waals surface area contributed by atoms with Crippen LogP contribution in [-0.2, 0) is 0 Å². The standard InChI is InChI=1S/C16H17N3O/c1-3-15(18-2)16-8-7-14(11-19-16)20-13-6-4-5-12(9-13)10-17/h4-9,11,15,18H,3H2,1-2H3. The number of pyridine rings is 1. The molecule has 20 heavy (non-hydrogen) atoms. The Morgan fingerprint density at radius 3 is 2.75 bits per heavy atom. The summed E-state index contributed by atoms with van der Waals surface area (Å²) in [7, 11) is 1.92. The summed E-state index contributed by atoms with van der Waals surface area (Å²) in [5.41, 5.74) is 1.57. The molecule has 0 aliphatic rings. The monoisotopic (exact) mass is 267 g/mol. The number of ether oxygens (including phenoxy) is 1. The molecule has 1 N–H and O–H groups in total. The third kappa shape index (κ3) is 3.34. The summed E-state index contributed by atoms with van der Waals surface area (Å²) < 4.78 is 5.69. The Balaban J connectivity index is 2.12. The lowest BCUT2D eigenvalue weighted by Gasteiger charge is -2.13. The molecule has 1 aromatic heterocycles. The van der Waals surface area contributed by atoms with Gasteiger partial charge in [0.2, 0.25) is 0 Å². The quantitative estimate of drug-likeness (QED) is 0.901. The molecule has 4 heteroatoms. The predicted molar refractivity (Wildman–Crippen MR) is 77.6 cm³/mol. The van der Waals surface area contributed by atoms with Gasteiger partial charge in [0, 0.05) is 6.04 Å². The molecular weight excluding hydrogens is 250 g/mol. The first kappa shape index (κ1) is 14.0. The number of nitriles is 1. The highest BCUT2D eigenvalue weighted by Gasteiger charge is 2.08. The van der Waals surface area contributed by atoms with Crippen molar-refractivity contribution in [1.29, 1.82) is 5.26 Å². The molecule has 2 rings (SSSR count). The number of aromatic nitrogens is 1. The lowest BCUT2D eigenvalue weighted by molar-refractivity contribution is 0.477. The van der Waals surface area contributed by atoms with E-state index in [1.165, 1.54) is 0 Å². The van der Waals surface area contributed by atoms with Gasteiger partial charge in [0.05, 0.1) is 23.5 Å². The Morgan fingerprint density at radius 2 is 2.15 bits per heavy atom. The highest BCUT2D eigenvalue weighted by molar-refractivity contribution is 5.38. The second-order valence-corrected chi connectivity index (χ2v) is 4.41. The van der Waals surface area contributed by atoms with E-state index >= 15 is 0 Å². The summed E-state index contributed by atoms with van der Waals surface area (Å²) >= 11 is 0. The first-order valence-corrected chi connectivity index (χ1v) is 6.58. The normalized spacial score (nSPS) is 11.7. The van der Waals surface area contributed by atoms with E-state index in [9.17, 15) is 0 Å². The smallest absolute Gasteiger partial charge is 0.145 e. The molecule has 2 aromatic rings. The van der Waals surface area contributed by atoms with Crippen LogP contribution in [0.15, 0.2) is 42.6 Å². The lowest BCUT2D eigenvalue weighted by atomic mass is 10.1. The average Bonchev–Trinajstić information content (AvgIpc) is 2.50. The zero-order valence-corrected chi connectivity index (χ0v) is 11.6. The number of hydrogen-bond donors (Lipinski definition) is 1. The molecule has 0 bridgehead atoms. The third-order valence-electron chi connectivity index (χ3n) is 3.07. The predicted octanol–water partition coefficient (Wildman–Crippen LogP) is 3.42. The number of nitrogens with zero attached hydrogens (tertiary/aromatic N) is 2. The summed E-state index contributed by atoms with van der Waals surface area (Å²) in [5.74, 6) is 1.30. The van der Waals surface area contributed by atoms with Crippen molar-refractivity contribution >= 4 is 0 Å². The Bertz CT molecular complexity index is 598. The van der Waals surface area contributed by atoms with E-state index in [-0.39, 0.29) is 6.04 Å². The minimum Gasteiger partial charge on any atom is -0.456 e. The summed E-state index contributed by atoms with van der Waals surface area (Å²) in [5, 5.41) is 12.1. The second-order valence-electron chi connectivity index (χ2n) is 4.41. The van der Waals surface area contributed by atoms with Crippen LogP contribution >= 0.6 is 0 Å². The topological polar surface area (TPSA) is 57.9 Å². The molecular formula is C16H17N3O. The molecule has 0 aliphatic carbocycles. The molecule has 1 atom stereocenters. The van der Waals surface area contributed by atoms with Gasteiger partial charge < -0.3 is 10.1 Å². The zero-order valence-electron chi connectivity index (χ0n) is 11.6. The molecule has 1 heterocycles. The number of hydrogen-bond acceptors (Lipinski definition) is 4. The van der Waals surface area contributed by atoms with Gasteiger partial charge in [0.25, 0.3) is 0 Å². The van der Waals surface area contributed by atoms with Gasteiger partial charge in [-0.25, -0.2) is 0 Å². The van der Waals surface area contributed by atoms with Crippen LogP contribution in [0.25, 0.3) is 0 Å². The molecule has 0 spiro atoms. The van der Waals surface area contributed by atoms with Crippen molar-refractivity contribution in [2.24, 2.45) is 0 Å². The Hall–Kier alpha value is -2.38. The number of nitrogens with one attached hydrogen (secondary N) is 1. The van der Waals surface area contributed by atoms with Crippen LogP contribution in [0.4, 0.5) is 0 Å². The molecule has 0 saturated carbocycles. The van der Waals surface area contributed by atoms with Crippen LogP contribution in [0.5, 0.6) is 11.5 Å². The average molecular weight is 267 g/mol. The van der Waals surface area contributed by atoms with Gasteiger partial charge in [0.1, 0.15) is 11.5 Å². The molecule has 1 unspecified atom stereocenters. The zero-order chi connectivity index (χ0) is 14.4. The minimum atomic E-state index is 0.256. The van der Waals surface area contributed by atoms with Gasteiger partial charge in [-0.15, -0.1) is 0 Å². The first-order chi connectivity index (χ1) is 9.76. The van der Waals surface area contributed by atoms with E-state index in [0.29, 0.717) is 17.1 Å². The van der Waals surface area contributed by atoms with E-state index in [1.807, 2.05) is 25.2 Å². The fourth-order valence-corrected chi connectivity index (χ4v) is 1.98. The van der Waals surface area contributed by atoms with Crippen LogP contribution in [0, 0.1) is 11.3 Å². The SMILES string of the molecule is CCC(NC)c1ccc(Oc2cccc(C#N)c2)cn1. The molecule has 102 valence electrons. The Morgan fingerprint density at radius 1 is 1.30 bits per heavy atom. The summed E-state index contributed by atoms with van der Waals surface area (Å²) in [6, 6.07) is 13.2. The van der Waals surface area contributed by atoms with Crippen LogP contribution in [0.3, 0.4) is 0 Å². The largest absolute Gasteiger partial charge is 0.456 e. The van der Waals surface area contributed by atoms with Crippen molar-refractivity contribution in [3.63, 3.8) is 0 Å². The Labute approximate surface area is 119 Å². The van der Waals surface area contributed by atoms with Crippen molar-refractivity contribution < 1.29 is 4.74 Å². The fourth-order valence-electron chi connectivity index (χ4n) is 1.98. The van der Waals surface area contributed by atoms with Crippen LogP contribution in [-0.4, -0.2) is 12.0 Å². The highest BCUT2D eigenvalue weighted by Crippen LogP contribution is 2.23. The Kier molecular flexibility index (Phi) is 4.70. The van der Waals surface area contributed by atoms with Crippen LogP contribution < -0.4 is 10.1 Å². The molecule has 0 saturated heterocycles. The van der Waals surface area contributed by atoms with Crippen molar-refractivity contribution in [2.75, 3.05) is 7.05 Å². The van der Waals surface area contributed by atoms with Crippen molar-refractivity contribution in [3.05, 3.63) is 53.9 Å². The van der Waals surface area contributed by atoms with E-state index in [2.05, 4.69) is 23.3 Å². The summed E-state index contributed by atoms with van der Waals surface area (Å²) in [4.78, 5) is 4.41. The fraction of sp³-hybridized carbons (Fsp3) is 0.250. The van der Waals surface area contributed by atoms with Gasteiger partial charge in [-0.05, 0) is 43.8 Å². The molecule has 0 radical (unpaired) electrons. The number of rotatable bonds is 5. The molecule has 0 amide bonds. The van der Waals surface area contributed by atoms with E-state index < -0.39 is 0 Å². The van der Waals surface area contributed by atoms with Crippen molar-refractivity contribution in [2.45, 2.75) is 19.4 Å². The van der Waals surface area contributed by atoms with Crippen molar-refractivity contribution in [3.8, 4) is 17.6 Å². The maximum Gasteiger partial charge on any atom is 0.145 e. The van der Waals surface area contributed by atoms with Gasteiger partial charge in [-0.3, -0.25) is 4.98 Å². The third-order valence-corrected chi connectivity index (χ3v) is 3.07. The summed E-state index contributed by atoms with van der Waals surface area (Å²) in [6.45, 7) is 2.11. The second kappa shape index (κ2) is 6.69. The number of benzene rings is 1. The maximum atomic E-state index is 8.86. The lowest BCUT2D eigenvalue weighted by Crippen LogP contribution is -2.16. The van der Waals surface area contributed by atoms with Gasteiger partial charge in [0.15, 0.2) is 0 Å². The highest BCUT2D eigenvalue weighted by atomic mass is 16.5. The molecule has 4 nitrogen and oxygen atoms in total. The van der Waals surface area contributed by atoms with E-state index in [1.54, 1.807) is 24.4 Å². The van der Waals surface area contributed by atoms with Gasteiger partial charge in [-0.2, -0.15) is 5.26 Å². The molecule has 0 aliphatic heterocycles. The van der Waals surface area contributed by atoms with Crippen LogP contribution in [0.1, 0.15) is 30.6 Å². The summed E-state index contributed by atoms with van der Waals surface area (Å²) in [6.07, 6.45) is 2.68. The first-order valence-electron chi connectivity index (χ1n) is 6.58.